The number of rotatable bonds is 6. The van der Waals surface area contributed by atoms with Crippen molar-refractivity contribution in [2.75, 3.05) is 59.2 Å². The monoisotopic (exact) mass is 244 g/mol. The minimum absolute atomic E-state index is 0.282. The smallest absolute Gasteiger partial charge is 0.0791 e. The van der Waals surface area contributed by atoms with E-state index in [1.807, 2.05) is 0 Å². The number of aliphatic hydroxyl groups is 1. The molecule has 5 nitrogen and oxygen atoms in total. The zero-order valence-electron chi connectivity index (χ0n) is 10.4. The molecule has 2 aliphatic rings. The Hall–Kier alpha value is -0.200. The number of morpholine rings is 1. The number of ether oxygens (including phenoxy) is 2. The van der Waals surface area contributed by atoms with E-state index in [0.29, 0.717) is 12.5 Å². The van der Waals surface area contributed by atoms with Crippen LogP contribution < -0.4 is 5.32 Å². The third kappa shape index (κ3) is 4.89. The summed E-state index contributed by atoms with van der Waals surface area (Å²) in [5.41, 5.74) is 0. The SMILES string of the molecule is OC(CNCC1CCOC1)CN1CCOCC1. The van der Waals surface area contributed by atoms with Crippen molar-refractivity contribution < 1.29 is 14.6 Å². The number of nitrogens with one attached hydrogen (secondary N) is 1. The van der Waals surface area contributed by atoms with Crippen molar-refractivity contribution in [3.8, 4) is 0 Å². The highest BCUT2D eigenvalue weighted by Gasteiger charge is 2.17. The van der Waals surface area contributed by atoms with Gasteiger partial charge in [0.25, 0.3) is 0 Å². The van der Waals surface area contributed by atoms with Crippen molar-refractivity contribution in [1.29, 1.82) is 0 Å². The van der Waals surface area contributed by atoms with Gasteiger partial charge in [-0.1, -0.05) is 0 Å². The Morgan fingerprint density at radius 2 is 2.06 bits per heavy atom. The van der Waals surface area contributed by atoms with Crippen LogP contribution in [0.5, 0.6) is 0 Å². The van der Waals surface area contributed by atoms with Crippen LogP contribution in [0.4, 0.5) is 0 Å². The molecule has 2 unspecified atom stereocenters. The van der Waals surface area contributed by atoms with Crippen molar-refractivity contribution in [2.45, 2.75) is 12.5 Å². The summed E-state index contributed by atoms with van der Waals surface area (Å²) in [5, 5.41) is 13.2. The Labute approximate surface area is 103 Å². The lowest BCUT2D eigenvalue weighted by Crippen LogP contribution is -2.44. The normalized spacial score (nSPS) is 28.4. The molecule has 2 fully saturated rings. The van der Waals surface area contributed by atoms with Crippen LogP contribution in [0.15, 0.2) is 0 Å². The third-order valence-electron chi connectivity index (χ3n) is 3.41. The predicted molar refractivity (Wildman–Crippen MR) is 65.1 cm³/mol. The van der Waals surface area contributed by atoms with Gasteiger partial charge in [0.15, 0.2) is 0 Å². The van der Waals surface area contributed by atoms with Gasteiger partial charge in [0.2, 0.25) is 0 Å². The Bertz CT molecular complexity index is 204. The Kier molecular flexibility index (Phi) is 5.67. The van der Waals surface area contributed by atoms with Gasteiger partial charge in [0.05, 0.1) is 25.9 Å². The first-order valence-electron chi connectivity index (χ1n) is 6.61. The number of β-amino-alcohol motifs (C(OH)–C–C–N with tert-alkyl or cyclic N) is 1. The summed E-state index contributed by atoms with van der Waals surface area (Å²) in [5.74, 6) is 0.630. The van der Waals surface area contributed by atoms with Crippen molar-refractivity contribution >= 4 is 0 Å². The van der Waals surface area contributed by atoms with E-state index >= 15 is 0 Å². The van der Waals surface area contributed by atoms with Crippen molar-refractivity contribution in [3.05, 3.63) is 0 Å². The fourth-order valence-electron chi connectivity index (χ4n) is 2.34. The molecule has 2 rings (SSSR count). The van der Waals surface area contributed by atoms with Gasteiger partial charge in [0.1, 0.15) is 0 Å². The summed E-state index contributed by atoms with van der Waals surface area (Å²) < 4.78 is 10.6. The molecule has 0 saturated carbocycles. The van der Waals surface area contributed by atoms with Crippen LogP contribution in [0, 0.1) is 5.92 Å². The van der Waals surface area contributed by atoms with E-state index in [1.165, 1.54) is 0 Å². The topological polar surface area (TPSA) is 54.0 Å². The first kappa shape index (κ1) is 13.2. The maximum Gasteiger partial charge on any atom is 0.0791 e. The molecule has 5 heteroatoms. The van der Waals surface area contributed by atoms with Gasteiger partial charge in [-0.25, -0.2) is 0 Å². The van der Waals surface area contributed by atoms with Crippen LogP contribution in [0.2, 0.25) is 0 Å². The first-order chi connectivity index (χ1) is 8.34. The van der Waals surface area contributed by atoms with Gasteiger partial charge in [-0.3, -0.25) is 4.90 Å². The van der Waals surface area contributed by atoms with Gasteiger partial charge in [-0.15, -0.1) is 0 Å². The summed E-state index contributed by atoms with van der Waals surface area (Å²) in [7, 11) is 0. The molecule has 2 atom stereocenters. The van der Waals surface area contributed by atoms with Gasteiger partial charge >= 0.3 is 0 Å². The molecule has 100 valence electrons. The quantitative estimate of drug-likeness (QED) is 0.647. The molecule has 0 radical (unpaired) electrons. The summed E-state index contributed by atoms with van der Waals surface area (Å²) in [6, 6.07) is 0. The molecular weight excluding hydrogens is 220 g/mol. The molecule has 0 aliphatic carbocycles. The van der Waals surface area contributed by atoms with E-state index in [0.717, 1.165) is 59.0 Å². The van der Waals surface area contributed by atoms with Gasteiger partial charge < -0.3 is 19.9 Å². The summed E-state index contributed by atoms with van der Waals surface area (Å²) in [6.07, 6.45) is 0.863. The average Bonchev–Trinajstić information content (AvgIpc) is 2.83. The second kappa shape index (κ2) is 7.28. The maximum atomic E-state index is 9.90. The van der Waals surface area contributed by atoms with E-state index in [2.05, 4.69) is 10.2 Å². The van der Waals surface area contributed by atoms with Crippen LogP contribution in [0.25, 0.3) is 0 Å². The first-order valence-corrected chi connectivity index (χ1v) is 6.61. The molecule has 0 aromatic carbocycles. The molecule has 2 N–H and O–H groups in total. The van der Waals surface area contributed by atoms with Gasteiger partial charge in [-0.2, -0.15) is 0 Å². The Morgan fingerprint density at radius 1 is 1.24 bits per heavy atom. The number of aliphatic hydroxyl groups excluding tert-OH is 1. The molecule has 2 aliphatic heterocycles. The zero-order chi connectivity index (χ0) is 11.9. The van der Waals surface area contributed by atoms with E-state index in [-0.39, 0.29) is 6.10 Å². The molecule has 0 aromatic rings. The van der Waals surface area contributed by atoms with Crippen LogP contribution in [-0.2, 0) is 9.47 Å². The van der Waals surface area contributed by atoms with E-state index in [1.54, 1.807) is 0 Å². The largest absolute Gasteiger partial charge is 0.390 e. The summed E-state index contributed by atoms with van der Waals surface area (Å²) in [4.78, 5) is 2.26. The molecule has 0 spiro atoms. The number of nitrogens with zero attached hydrogens (tertiary/aromatic N) is 1. The van der Waals surface area contributed by atoms with Crippen molar-refractivity contribution in [3.63, 3.8) is 0 Å². The van der Waals surface area contributed by atoms with E-state index < -0.39 is 0 Å². The van der Waals surface area contributed by atoms with Crippen LogP contribution in [0.3, 0.4) is 0 Å². The molecule has 17 heavy (non-hydrogen) atoms. The lowest BCUT2D eigenvalue weighted by molar-refractivity contribution is 0.0148. The molecule has 0 aromatic heterocycles. The molecule has 0 amide bonds. The Balaban J connectivity index is 1.52. The maximum absolute atomic E-state index is 9.90. The van der Waals surface area contributed by atoms with Crippen LogP contribution >= 0.6 is 0 Å². The molecule has 2 heterocycles. The highest BCUT2D eigenvalue weighted by Crippen LogP contribution is 2.10. The highest BCUT2D eigenvalue weighted by atomic mass is 16.5. The standard InChI is InChI=1S/C12H24N2O3/c15-12(9-14-2-5-16-6-3-14)8-13-7-11-1-4-17-10-11/h11-13,15H,1-10H2. The third-order valence-corrected chi connectivity index (χ3v) is 3.41. The number of hydrogen-bond acceptors (Lipinski definition) is 5. The van der Waals surface area contributed by atoms with Crippen LogP contribution in [0.1, 0.15) is 6.42 Å². The lowest BCUT2D eigenvalue weighted by Gasteiger charge is -2.28. The number of hydrogen-bond donors (Lipinski definition) is 2. The molecule has 2 saturated heterocycles. The van der Waals surface area contributed by atoms with Gasteiger partial charge in [-0.05, 0) is 12.3 Å². The lowest BCUT2D eigenvalue weighted by atomic mass is 10.1. The minimum atomic E-state index is -0.282. The predicted octanol–water partition coefficient (Wildman–Crippen LogP) is -0.694. The van der Waals surface area contributed by atoms with Crippen LogP contribution in [-0.4, -0.2) is 75.3 Å². The highest BCUT2D eigenvalue weighted by molar-refractivity contribution is 4.71. The Morgan fingerprint density at radius 3 is 2.76 bits per heavy atom. The fraction of sp³-hybridized carbons (Fsp3) is 1.00. The summed E-state index contributed by atoms with van der Waals surface area (Å²) in [6.45, 7) is 7.60. The fourth-order valence-corrected chi connectivity index (χ4v) is 2.34. The van der Waals surface area contributed by atoms with Crippen molar-refractivity contribution in [2.24, 2.45) is 5.92 Å². The zero-order valence-corrected chi connectivity index (χ0v) is 10.4. The molecule has 0 bridgehead atoms. The second-order valence-corrected chi connectivity index (χ2v) is 4.95. The van der Waals surface area contributed by atoms with Gasteiger partial charge in [0, 0.05) is 39.3 Å². The summed E-state index contributed by atoms with van der Waals surface area (Å²) >= 11 is 0. The van der Waals surface area contributed by atoms with Crippen molar-refractivity contribution in [1.82, 2.24) is 10.2 Å². The van der Waals surface area contributed by atoms with E-state index in [4.69, 9.17) is 9.47 Å². The second-order valence-electron chi connectivity index (χ2n) is 4.95. The molecular formula is C12H24N2O3. The minimum Gasteiger partial charge on any atom is -0.390 e. The van der Waals surface area contributed by atoms with E-state index in [9.17, 15) is 5.11 Å². The average molecular weight is 244 g/mol.